The highest BCUT2D eigenvalue weighted by atomic mass is 32.1. The monoisotopic (exact) mass is 508 g/mol. The van der Waals surface area contributed by atoms with Gasteiger partial charge in [0.2, 0.25) is 5.13 Å². The van der Waals surface area contributed by atoms with Gasteiger partial charge in [-0.2, -0.15) is 26.3 Å². The summed E-state index contributed by atoms with van der Waals surface area (Å²) in [5, 5.41) is 23.4. The Labute approximate surface area is 187 Å². The number of aromatic nitrogens is 2. The summed E-state index contributed by atoms with van der Waals surface area (Å²) in [6, 6.07) is 0.641. The van der Waals surface area contributed by atoms with E-state index in [-0.39, 0.29) is 0 Å². The predicted octanol–water partition coefficient (Wildman–Crippen LogP) is 2.49. The van der Waals surface area contributed by atoms with Crippen LogP contribution in [0.4, 0.5) is 31.5 Å². The zero-order valence-electron chi connectivity index (χ0n) is 17.1. The number of piperazine rings is 1. The molecule has 188 valence electrons. The van der Waals surface area contributed by atoms with Crippen LogP contribution in [0.3, 0.4) is 0 Å². The first-order chi connectivity index (χ1) is 15.3. The molecule has 9 nitrogen and oxygen atoms in total. The number of carbonyl (C=O) groups is 2. The van der Waals surface area contributed by atoms with Gasteiger partial charge in [-0.05, 0) is 25.2 Å². The van der Waals surface area contributed by atoms with Crippen LogP contribution in [-0.2, 0) is 14.3 Å². The molecular formula is C17H22F6N4O5S. The maximum Gasteiger partial charge on any atom is 0.490 e. The van der Waals surface area contributed by atoms with Crippen LogP contribution in [0.15, 0.2) is 5.51 Å². The Balaban J connectivity index is 0.000000230. The molecule has 0 radical (unpaired) electrons. The average Bonchev–Trinajstić information content (AvgIpc) is 3.21. The summed E-state index contributed by atoms with van der Waals surface area (Å²) >= 11 is 1.64. The number of nitrogens with zero attached hydrogens (tertiary/aromatic N) is 4. The van der Waals surface area contributed by atoms with Crippen molar-refractivity contribution in [2.75, 3.05) is 37.7 Å². The Morgan fingerprint density at radius 3 is 2.09 bits per heavy atom. The van der Waals surface area contributed by atoms with Crippen LogP contribution < -0.4 is 4.90 Å². The van der Waals surface area contributed by atoms with Crippen LogP contribution in [0.1, 0.15) is 19.3 Å². The molecule has 2 saturated heterocycles. The second-order valence-electron chi connectivity index (χ2n) is 7.56. The minimum Gasteiger partial charge on any atom is -0.475 e. The Morgan fingerprint density at radius 2 is 1.64 bits per heavy atom. The number of anilines is 1. The van der Waals surface area contributed by atoms with E-state index in [9.17, 15) is 26.3 Å². The third-order valence-corrected chi connectivity index (χ3v) is 5.70. The van der Waals surface area contributed by atoms with Gasteiger partial charge in [0.25, 0.3) is 0 Å². The van der Waals surface area contributed by atoms with E-state index in [4.69, 9.17) is 24.5 Å². The molecule has 33 heavy (non-hydrogen) atoms. The third-order valence-electron chi connectivity index (χ3n) is 4.95. The normalized spacial score (nSPS) is 23.0. The van der Waals surface area contributed by atoms with Crippen molar-refractivity contribution < 1.29 is 50.9 Å². The number of hydrogen-bond donors (Lipinski definition) is 2. The molecular weight excluding hydrogens is 486 g/mol. The van der Waals surface area contributed by atoms with Crippen LogP contribution in [0.25, 0.3) is 0 Å². The number of halogens is 6. The molecule has 3 aliphatic rings. The van der Waals surface area contributed by atoms with E-state index in [0.717, 1.165) is 43.8 Å². The molecule has 0 amide bonds. The Hall–Kier alpha value is -2.20. The summed E-state index contributed by atoms with van der Waals surface area (Å²) in [7, 11) is 0. The van der Waals surface area contributed by atoms with Gasteiger partial charge in [-0.3, -0.25) is 4.90 Å². The molecule has 0 spiro atoms. The van der Waals surface area contributed by atoms with E-state index in [0.29, 0.717) is 12.1 Å². The molecule has 0 bridgehead atoms. The lowest BCUT2D eigenvalue weighted by Gasteiger charge is -2.36. The van der Waals surface area contributed by atoms with Crippen LogP contribution in [-0.4, -0.2) is 94.5 Å². The smallest absolute Gasteiger partial charge is 0.475 e. The fourth-order valence-electron chi connectivity index (χ4n) is 3.15. The van der Waals surface area contributed by atoms with E-state index >= 15 is 0 Å². The largest absolute Gasteiger partial charge is 0.490 e. The molecule has 2 N–H and O–H groups in total. The summed E-state index contributed by atoms with van der Waals surface area (Å²) in [4.78, 5) is 22.8. The van der Waals surface area contributed by atoms with Gasteiger partial charge in [0, 0.05) is 38.8 Å². The van der Waals surface area contributed by atoms with Crippen molar-refractivity contribution in [2.24, 2.45) is 5.92 Å². The lowest BCUT2D eigenvalue weighted by molar-refractivity contribution is -0.193. The van der Waals surface area contributed by atoms with E-state index in [2.05, 4.69) is 20.0 Å². The molecule has 1 aromatic rings. The van der Waals surface area contributed by atoms with Crippen molar-refractivity contribution >= 4 is 28.4 Å². The van der Waals surface area contributed by atoms with Gasteiger partial charge >= 0.3 is 24.3 Å². The molecule has 2 aliphatic heterocycles. The minimum absolute atomic E-state index is 0.458. The van der Waals surface area contributed by atoms with Gasteiger partial charge in [0.15, 0.2) is 0 Å². The van der Waals surface area contributed by atoms with E-state index in [1.54, 1.807) is 11.3 Å². The van der Waals surface area contributed by atoms with Gasteiger partial charge in [0.1, 0.15) is 5.51 Å². The molecule has 2 atom stereocenters. The summed E-state index contributed by atoms with van der Waals surface area (Å²) in [6.07, 6.45) is -5.77. The third kappa shape index (κ3) is 9.29. The molecule has 1 aliphatic carbocycles. The zero-order valence-corrected chi connectivity index (χ0v) is 17.9. The number of carboxylic acid groups (broad SMARTS) is 2. The lowest BCUT2D eigenvalue weighted by Crippen LogP contribution is -2.50. The molecule has 3 heterocycles. The Kier molecular flexibility index (Phi) is 9.25. The van der Waals surface area contributed by atoms with Gasteiger partial charge in [-0.15, -0.1) is 10.2 Å². The summed E-state index contributed by atoms with van der Waals surface area (Å²) in [5.74, 6) is -4.64. The summed E-state index contributed by atoms with van der Waals surface area (Å²) in [5.41, 5.74) is 1.82. The summed E-state index contributed by atoms with van der Waals surface area (Å²) < 4.78 is 69.5. The topological polar surface area (TPSA) is 116 Å². The fourth-order valence-corrected chi connectivity index (χ4v) is 3.75. The van der Waals surface area contributed by atoms with Crippen molar-refractivity contribution in [3.63, 3.8) is 0 Å². The number of aliphatic carboxylic acids is 2. The Morgan fingerprint density at radius 1 is 1.06 bits per heavy atom. The fraction of sp³-hybridized carbons (Fsp3) is 0.765. The SMILES string of the molecule is O=C(O)C(F)(F)F.O=C(O)C(F)(F)F.c1nnc(N2CCN3C[C@H](OCC4CC4)C[C@H]3C2)s1. The van der Waals surface area contributed by atoms with Crippen molar-refractivity contribution in [1.29, 1.82) is 0 Å². The number of fused-ring (bicyclic) bond motifs is 1. The van der Waals surface area contributed by atoms with Gasteiger partial charge in [-0.1, -0.05) is 11.3 Å². The van der Waals surface area contributed by atoms with Gasteiger partial charge in [0.05, 0.1) is 6.10 Å². The molecule has 0 aromatic carbocycles. The van der Waals surface area contributed by atoms with Gasteiger partial charge in [-0.25, -0.2) is 9.59 Å². The highest BCUT2D eigenvalue weighted by molar-refractivity contribution is 7.13. The molecule has 3 fully saturated rings. The van der Waals surface area contributed by atoms with E-state index in [1.807, 2.05) is 5.51 Å². The molecule has 4 rings (SSSR count). The van der Waals surface area contributed by atoms with Crippen LogP contribution in [0.2, 0.25) is 0 Å². The number of ether oxygens (including phenoxy) is 1. The first kappa shape index (κ1) is 27.0. The summed E-state index contributed by atoms with van der Waals surface area (Å²) in [6.45, 7) is 5.40. The van der Waals surface area contributed by atoms with Crippen molar-refractivity contribution in [3.8, 4) is 0 Å². The zero-order chi connectivity index (χ0) is 24.8. The molecule has 1 saturated carbocycles. The lowest BCUT2D eigenvalue weighted by atomic mass is 10.1. The number of rotatable bonds is 4. The number of hydrogen-bond acceptors (Lipinski definition) is 8. The second kappa shape index (κ2) is 11.3. The quantitative estimate of drug-likeness (QED) is 0.592. The van der Waals surface area contributed by atoms with Crippen molar-refractivity contribution in [1.82, 2.24) is 15.1 Å². The van der Waals surface area contributed by atoms with E-state index < -0.39 is 24.3 Å². The molecule has 16 heteroatoms. The highest BCUT2D eigenvalue weighted by Gasteiger charge is 2.39. The minimum atomic E-state index is -5.08. The van der Waals surface area contributed by atoms with Crippen molar-refractivity contribution in [2.45, 2.75) is 43.8 Å². The number of alkyl halides is 6. The first-order valence-corrected chi connectivity index (χ1v) is 10.6. The van der Waals surface area contributed by atoms with Crippen molar-refractivity contribution in [3.05, 3.63) is 5.51 Å². The predicted molar refractivity (Wildman–Crippen MR) is 102 cm³/mol. The van der Waals surface area contributed by atoms with Crippen LogP contribution in [0, 0.1) is 5.92 Å². The standard InChI is InChI=1S/C13H20N4OS.2C2HF3O2/c1-2-10(1)8-18-12-5-11-6-17(4-3-16(11)7-12)13-15-14-9-19-13;2*3-2(4,5)1(6)7/h9-12H,1-8H2;2*(H,6,7)/t11-,12+;;/m0../s1. The Bertz CT molecular complexity index is 751. The molecule has 0 unspecified atom stereocenters. The number of carboxylic acids is 2. The second-order valence-corrected chi connectivity index (χ2v) is 8.37. The van der Waals surface area contributed by atoms with E-state index in [1.165, 1.54) is 19.3 Å². The average molecular weight is 508 g/mol. The van der Waals surface area contributed by atoms with Crippen LogP contribution >= 0.6 is 11.3 Å². The first-order valence-electron chi connectivity index (χ1n) is 9.74. The van der Waals surface area contributed by atoms with Gasteiger partial charge < -0.3 is 19.8 Å². The maximum absolute atomic E-state index is 10.6. The maximum atomic E-state index is 10.6. The highest BCUT2D eigenvalue weighted by Crippen LogP contribution is 2.32. The van der Waals surface area contributed by atoms with Crippen LogP contribution in [0.5, 0.6) is 0 Å². The molecule has 1 aromatic heterocycles.